The molecule has 0 aromatic heterocycles. The van der Waals surface area contributed by atoms with Gasteiger partial charge in [0.25, 0.3) is 5.91 Å². The molecule has 0 radical (unpaired) electrons. The summed E-state index contributed by atoms with van der Waals surface area (Å²) in [6.45, 7) is 3.83. The lowest BCUT2D eigenvalue weighted by Gasteiger charge is -2.34. The van der Waals surface area contributed by atoms with Crippen molar-refractivity contribution in [2.24, 2.45) is 0 Å². The molecule has 1 aliphatic heterocycles. The van der Waals surface area contributed by atoms with Crippen LogP contribution in [0.15, 0.2) is 48.5 Å². The lowest BCUT2D eigenvalue weighted by Crippen LogP contribution is -2.50. The number of ether oxygens (including phenoxy) is 1. The highest BCUT2D eigenvalue weighted by molar-refractivity contribution is 7.92. The van der Waals surface area contributed by atoms with Gasteiger partial charge in [-0.2, -0.15) is 0 Å². The van der Waals surface area contributed by atoms with E-state index in [0.717, 1.165) is 17.4 Å². The molecule has 0 bridgehead atoms. The van der Waals surface area contributed by atoms with Gasteiger partial charge in [-0.15, -0.1) is 0 Å². The molecule has 2 atom stereocenters. The number of hydrogen-bond acceptors (Lipinski definition) is 4. The fourth-order valence-electron chi connectivity index (χ4n) is 2.90. The first kappa shape index (κ1) is 18.3. The molecule has 0 saturated carbocycles. The quantitative estimate of drug-likeness (QED) is 0.892. The van der Waals surface area contributed by atoms with Crippen LogP contribution in [-0.2, 0) is 14.8 Å². The van der Waals surface area contributed by atoms with Crippen LogP contribution in [0.2, 0.25) is 0 Å². The largest absolute Gasteiger partial charge is 0.476 e. The van der Waals surface area contributed by atoms with Crippen LogP contribution in [-0.4, -0.2) is 33.2 Å². The third-order valence-electron chi connectivity index (χ3n) is 4.36. The number of aryl methyl sites for hydroxylation is 1. The van der Waals surface area contributed by atoms with Crippen LogP contribution >= 0.6 is 0 Å². The van der Waals surface area contributed by atoms with Gasteiger partial charge in [0.15, 0.2) is 6.10 Å². The van der Waals surface area contributed by atoms with E-state index < -0.39 is 16.1 Å². The van der Waals surface area contributed by atoms with E-state index in [2.05, 4.69) is 5.32 Å². The van der Waals surface area contributed by atoms with Gasteiger partial charge >= 0.3 is 0 Å². The van der Waals surface area contributed by atoms with E-state index in [0.29, 0.717) is 11.4 Å². The smallest absolute Gasteiger partial charge is 0.263 e. The van der Waals surface area contributed by atoms with Gasteiger partial charge in [-0.1, -0.05) is 42.0 Å². The van der Waals surface area contributed by atoms with E-state index in [9.17, 15) is 13.2 Å². The first-order valence-electron chi connectivity index (χ1n) is 8.36. The Morgan fingerprint density at radius 3 is 2.50 bits per heavy atom. The summed E-state index contributed by atoms with van der Waals surface area (Å²) >= 11 is 0. The Hall–Kier alpha value is -2.54. The fraction of sp³-hybridized carbons (Fsp3) is 0.316. The number of nitrogens with zero attached hydrogens (tertiary/aromatic N) is 1. The maximum absolute atomic E-state index is 12.7. The molecular formula is C19H22N2O4S. The second-order valence-electron chi connectivity index (χ2n) is 6.51. The molecule has 1 aliphatic rings. The lowest BCUT2D eigenvalue weighted by molar-refractivity contribution is -0.128. The second-order valence-corrected chi connectivity index (χ2v) is 8.42. The highest BCUT2D eigenvalue weighted by Crippen LogP contribution is 2.34. The Morgan fingerprint density at radius 2 is 1.85 bits per heavy atom. The molecule has 1 N–H and O–H groups in total. The Morgan fingerprint density at radius 1 is 1.19 bits per heavy atom. The summed E-state index contributed by atoms with van der Waals surface area (Å²) in [4.78, 5) is 12.7. The van der Waals surface area contributed by atoms with Crippen LogP contribution in [0.1, 0.15) is 24.1 Å². The van der Waals surface area contributed by atoms with Gasteiger partial charge in [0.05, 0.1) is 24.5 Å². The number of amides is 1. The molecule has 6 nitrogen and oxygen atoms in total. The van der Waals surface area contributed by atoms with Crippen LogP contribution in [0.5, 0.6) is 5.75 Å². The molecule has 26 heavy (non-hydrogen) atoms. The normalized spacial score (nSPS) is 17.8. The number of carbonyl (C=O) groups is 1. The summed E-state index contributed by atoms with van der Waals surface area (Å²) in [7, 11) is -3.52. The fourth-order valence-corrected chi connectivity index (χ4v) is 3.81. The predicted molar refractivity (Wildman–Crippen MR) is 101 cm³/mol. The molecule has 0 fully saturated rings. The van der Waals surface area contributed by atoms with E-state index >= 15 is 0 Å². The Bertz CT molecular complexity index is 909. The van der Waals surface area contributed by atoms with E-state index in [-0.39, 0.29) is 18.5 Å². The van der Waals surface area contributed by atoms with E-state index in [1.54, 1.807) is 24.3 Å². The molecular weight excluding hydrogens is 352 g/mol. The number of rotatable bonds is 4. The van der Waals surface area contributed by atoms with E-state index in [1.807, 2.05) is 38.1 Å². The van der Waals surface area contributed by atoms with Crippen molar-refractivity contribution in [3.8, 4) is 5.75 Å². The minimum absolute atomic E-state index is 0.0533. The zero-order valence-corrected chi connectivity index (χ0v) is 15.8. The average Bonchev–Trinajstić information content (AvgIpc) is 2.60. The van der Waals surface area contributed by atoms with Crippen molar-refractivity contribution in [2.45, 2.75) is 26.0 Å². The van der Waals surface area contributed by atoms with Crippen molar-refractivity contribution in [1.82, 2.24) is 5.32 Å². The van der Waals surface area contributed by atoms with E-state index in [1.165, 1.54) is 4.31 Å². The maximum atomic E-state index is 12.7. The van der Waals surface area contributed by atoms with Gasteiger partial charge in [0.1, 0.15) is 5.75 Å². The minimum atomic E-state index is -3.52. The molecule has 0 aliphatic carbocycles. The molecule has 0 spiro atoms. The van der Waals surface area contributed by atoms with Crippen LogP contribution in [0.4, 0.5) is 5.69 Å². The van der Waals surface area contributed by atoms with E-state index in [4.69, 9.17) is 4.74 Å². The van der Waals surface area contributed by atoms with Crippen LogP contribution < -0.4 is 14.4 Å². The summed E-state index contributed by atoms with van der Waals surface area (Å²) in [6.07, 6.45) is 0.214. The highest BCUT2D eigenvalue weighted by atomic mass is 32.2. The topological polar surface area (TPSA) is 75.7 Å². The zero-order chi connectivity index (χ0) is 18.9. The van der Waals surface area contributed by atoms with Crippen molar-refractivity contribution < 1.29 is 17.9 Å². The summed E-state index contributed by atoms with van der Waals surface area (Å²) in [5, 5.41) is 2.90. The first-order valence-corrected chi connectivity index (χ1v) is 10.2. The third kappa shape index (κ3) is 3.83. The van der Waals surface area contributed by atoms with Crippen molar-refractivity contribution in [3.05, 3.63) is 59.7 Å². The third-order valence-corrected chi connectivity index (χ3v) is 5.51. The molecule has 7 heteroatoms. The number of para-hydroxylation sites is 2. The van der Waals surface area contributed by atoms with Crippen LogP contribution in [0.25, 0.3) is 0 Å². The number of anilines is 1. The van der Waals surface area contributed by atoms with Crippen molar-refractivity contribution in [2.75, 3.05) is 17.1 Å². The molecule has 138 valence electrons. The van der Waals surface area contributed by atoms with Gasteiger partial charge in [0.2, 0.25) is 10.0 Å². The van der Waals surface area contributed by atoms with Crippen LogP contribution in [0.3, 0.4) is 0 Å². The van der Waals surface area contributed by atoms with Gasteiger partial charge < -0.3 is 10.1 Å². The number of fused-ring (bicyclic) bond motifs is 1. The zero-order valence-electron chi connectivity index (χ0n) is 15.0. The molecule has 2 aromatic rings. The Balaban J connectivity index is 1.79. The van der Waals surface area contributed by atoms with Gasteiger partial charge in [-0.05, 0) is 31.5 Å². The number of carbonyl (C=O) groups excluding carboxylic acids is 1. The molecule has 1 heterocycles. The van der Waals surface area contributed by atoms with Crippen LogP contribution in [0, 0.1) is 6.92 Å². The summed E-state index contributed by atoms with van der Waals surface area (Å²) < 4.78 is 31.2. The Labute approximate surface area is 153 Å². The number of benzene rings is 2. The number of sulfonamides is 1. The summed E-state index contributed by atoms with van der Waals surface area (Å²) in [6, 6.07) is 14.5. The SMILES string of the molecule is Cc1ccc(C(C)NC(=O)C2CN(S(C)(=O)=O)c3ccccc3O2)cc1. The maximum Gasteiger partial charge on any atom is 0.263 e. The van der Waals surface area contributed by atoms with Crippen molar-refractivity contribution in [1.29, 1.82) is 0 Å². The predicted octanol–water partition coefficient (Wildman–Crippen LogP) is 2.40. The minimum Gasteiger partial charge on any atom is -0.476 e. The van der Waals surface area contributed by atoms with Crippen molar-refractivity contribution in [3.63, 3.8) is 0 Å². The van der Waals surface area contributed by atoms with Crippen molar-refractivity contribution >= 4 is 21.6 Å². The molecule has 0 saturated heterocycles. The number of hydrogen-bond donors (Lipinski definition) is 1. The average molecular weight is 374 g/mol. The van der Waals surface area contributed by atoms with Gasteiger partial charge in [0, 0.05) is 0 Å². The Kier molecular flexibility index (Phi) is 4.91. The highest BCUT2D eigenvalue weighted by Gasteiger charge is 2.35. The molecule has 1 amide bonds. The second kappa shape index (κ2) is 6.99. The summed E-state index contributed by atoms with van der Waals surface area (Å²) in [5.41, 5.74) is 2.56. The van der Waals surface area contributed by atoms with Gasteiger partial charge in [-0.25, -0.2) is 8.42 Å². The standard InChI is InChI=1S/C19H22N2O4S/c1-13-8-10-15(11-9-13)14(2)20-19(22)18-12-21(26(3,23)24)16-6-4-5-7-17(16)25-18/h4-11,14,18H,12H2,1-3H3,(H,20,22). The number of nitrogens with one attached hydrogen (secondary N) is 1. The monoisotopic (exact) mass is 374 g/mol. The molecule has 2 unspecified atom stereocenters. The van der Waals surface area contributed by atoms with Gasteiger partial charge in [-0.3, -0.25) is 9.10 Å². The molecule has 2 aromatic carbocycles. The first-order chi connectivity index (χ1) is 12.3. The lowest BCUT2D eigenvalue weighted by atomic mass is 10.1. The summed E-state index contributed by atoms with van der Waals surface area (Å²) in [5.74, 6) is 0.0357. The molecule has 3 rings (SSSR count).